The number of carbonyl (C=O) groups excluding carboxylic acids is 1. The van der Waals surface area contributed by atoms with Crippen molar-refractivity contribution in [3.05, 3.63) is 22.2 Å². The Labute approximate surface area is 100 Å². The molecule has 0 atom stereocenters. The molecule has 0 unspecified atom stereocenters. The molecule has 0 N–H and O–H groups in total. The van der Waals surface area contributed by atoms with Crippen molar-refractivity contribution in [1.82, 2.24) is 19.7 Å². The Morgan fingerprint density at radius 2 is 2.38 bits per heavy atom. The molecule has 0 amide bonds. The first-order valence-corrected chi connectivity index (χ1v) is 6.01. The number of aldehydes is 1. The third-order valence-corrected chi connectivity index (χ3v) is 3.72. The third-order valence-electron chi connectivity index (χ3n) is 2.35. The van der Waals surface area contributed by atoms with Crippen LogP contribution in [0.5, 0.6) is 0 Å². The molecule has 0 radical (unpaired) electrons. The molecule has 2 aromatic rings. The number of hydrogen-bond donors (Lipinski definition) is 0. The van der Waals surface area contributed by atoms with Crippen LogP contribution in [-0.2, 0) is 0 Å². The van der Waals surface area contributed by atoms with Crippen LogP contribution in [0.3, 0.4) is 0 Å². The fraction of sp³-hybridized carbons (Fsp3) is 0.333. The number of halogens is 1. The summed E-state index contributed by atoms with van der Waals surface area (Å²) in [7, 11) is 0. The Balaban J connectivity index is 1.97. The Kier molecular flexibility index (Phi) is 2.26. The van der Waals surface area contributed by atoms with Gasteiger partial charge in [0.1, 0.15) is 11.2 Å². The van der Waals surface area contributed by atoms with Crippen LogP contribution in [0, 0.1) is 0 Å². The summed E-state index contributed by atoms with van der Waals surface area (Å²) in [5.41, 5.74) is 0. The Hall–Kier alpha value is -1.27. The van der Waals surface area contributed by atoms with E-state index < -0.39 is 0 Å². The molecule has 2 aromatic heterocycles. The molecule has 7 heteroatoms. The van der Waals surface area contributed by atoms with E-state index >= 15 is 0 Å². The molecular formula is C9H7ClN4OS. The zero-order chi connectivity index (χ0) is 11.1. The minimum absolute atomic E-state index is 0.221. The first-order valence-electron chi connectivity index (χ1n) is 4.81. The summed E-state index contributed by atoms with van der Waals surface area (Å²) < 4.78 is 1.57. The summed E-state index contributed by atoms with van der Waals surface area (Å²) in [6.07, 6.45) is 4.62. The molecule has 1 aliphatic rings. The normalized spacial score (nSPS) is 15.3. The van der Waals surface area contributed by atoms with Gasteiger partial charge in [-0.2, -0.15) is 4.68 Å². The minimum atomic E-state index is 0.221. The Morgan fingerprint density at radius 3 is 3.00 bits per heavy atom. The van der Waals surface area contributed by atoms with Crippen LogP contribution in [0.1, 0.15) is 34.3 Å². The van der Waals surface area contributed by atoms with Crippen molar-refractivity contribution in [2.75, 3.05) is 0 Å². The maximum atomic E-state index is 10.6. The van der Waals surface area contributed by atoms with Gasteiger partial charge in [0, 0.05) is 5.92 Å². The lowest BCUT2D eigenvalue weighted by molar-refractivity contribution is 0.112. The molecule has 0 spiro atoms. The molecule has 16 heavy (non-hydrogen) atoms. The molecule has 5 nitrogen and oxygen atoms in total. The fourth-order valence-corrected chi connectivity index (χ4v) is 2.35. The topological polar surface area (TPSA) is 60.7 Å². The number of nitrogens with zero attached hydrogens (tertiary/aromatic N) is 4. The van der Waals surface area contributed by atoms with E-state index in [1.807, 2.05) is 0 Å². The molecule has 1 aliphatic carbocycles. The molecule has 3 rings (SSSR count). The summed E-state index contributed by atoms with van der Waals surface area (Å²) in [5, 5.41) is 5.11. The lowest BCUT2D eigenvalue weighted by atomic mass is 10.4. The lowest BCUT2D eigenvalue weighted by Crippen LogP contribution is -1.94. The second kappa shape index (κ2) is 3.64. The molecule has 0 aromatic carbocycles. The van der Waals surface area contributed by atoms with Crippen molar-refractivity contribution in [2.45, 2.75) is 18.8 Å². The van der Waals surface area contributed by atoms with Gasteiger partial charge in [-0.15, -0.1) is 5.10 Å². The van der Waals surface area contributed by atoms with Crippen molar-refractivity contribution >= 4 is 29.2 Å². The molecule has 82 valence electrons. The van der Waals surface area contributed by atoms with Crippen molar-refractivity contribution in [3.8, 4) is 5.13 Å². The van der Waals surface area contributed by atoms with E-state index in [2.05, 4.69) is 15.1 Å². The molecule has 2 heterocycles. The van der Waals surface area contributed by atoms with E-state index in [-0.39, 0.29) is 5.15 Å². The molecular weight excluding hydrogens is 248 g/mol. The molecule has 0 aliphatic heterocycles. The fourth-order valence-electron chi connectivity index (χ4n) is 1.37. The van der Waals surface area contributed by atoms with Gasteiger partial charge in [0.05, 0.1) is 0 Å². The van der Waals surface area contributed by atoms with Gasteiger partial charge in [-0.1, -0.05) is 22.9 Å². The summed E-state index contributed by atoms with van der Waals surface area (Å²) >= 11 is 6.99. The highest BCUT2D eigenvalue weighted by Gasteiger charge is 2.27. The van der Waals surface area contributed by atoms with Crippen LogP contribution in [-0.4, -0.2) is 26.0 Å². The number of carbonyl (C=O) groups is 1. The van der Waals surface area contributed by atoms with Gasteiger partial charge in [-0.25, -0.2) is 9.97 Å². The van der Waals surface area contributed by atoms with Crippen molar-refractivity contribution in [2.24, 2.45) is 0 Å². The van der Waals surface area contributed by atoms with Crippen LogP contribution in [0.15, 0.2) is 6.33 Å². The van der Waals surface area contributed by atoms with Crippen molar-refractivity contribution < 1.29 is 4.79 Å². The third kappa shape index (κ3) is 1.64. The highest BCUT2D eigenvalue weighted by Crippen LogP contribution is 2.38. The van der Waals surface area contributed by atoms with Crippen molar-refractivity contribution in [1.29, 1.82) is 0 Å². The summed E-state index contributed by atoms with van der Waals surface area (Å²) in [4.78, 5) is 19.3. The number of hydrogen-bond acceptors (Lipinski definition) is 5. The van der Waals surface area contributed by atoms with Gasteiger partial charge < -0.3 is 0 Å². The summed E-state index contributed by atoms with van der Waals surface area (Å²) in [6, 6.07) is 0. The zero-order valence-electron chi connectivity index (χ0n) is 8.13. The smallest absolute Gasteiger partial charge is 0.213 e. The van der Waals surface area contributed by atoms with Crippen LogP contribution in [0.2, 0.25) is 5.15 Å². The number of thiazole rings is 1. The maximum Gasteiger partial charge on any atom is 0.213 e. The highest BCUT2D eigenvalue weighted by molar-refractivity contribution is 7.16. The molecule has 0 bridgehead atoms. The largest absolute Gasteiger partial charge is 0.297 e. The first-order chi connectivity index (χ1) is 7.78. The predicted octanol–water partition coefficient (Wildman–Crippen LogP) is 2.07. The highest BCUT2D eigenvalue weighted by atomic mass is 35.5. The Bertz CT molecular complexity index is 545. The van der Waals surface area contributed by atoms with Gasteiger partial charge in [0.15, 0.2) is 17.3 Å². The molecule has 0 saturated heterocycles. The van der Waals surface area contributed by atoms with Crippen molar-refractivity contribution in [3.63, 3.8) is 0 Å². The Morgan fingerprint density at radius 1 is 1.56 bits per heavy atom. The van der Waals surface area contributed by atoms with E-state index in [0.29, 0.717) is 22.2 Å². The van der Waals surface area contributed by atoms with E-state index in [0.717, 1.165) is 18.7 Å². The van der Waals surface area contributed by atoms with Gasteiger partial charge in [0.25, 0.3) is 0 Å². The SMILES string of the molecule is O=Cc1sc(-n2cnc(C3CC3)n2)nc1Cl. The monoisotopic (exact) mass is 254 g/mol. The van der Waals surface area contributed by atoms with Crippen LogP contribution < -0.4 is 0 Å². The maximum absolute atomic E-state index is 10.6. The van der Waals surface area contributed by atoms with E-state index in [1.54, 1.807) is 11.0 Å². The number of aromatic nitrogens is 4. The molecule has 1 saturated carbocycles. The van der Waals surface area contributed by atoms with Gasteiger partial charge in [-0.3, -0.25) is 4.79 Å². The van der Waals surface area contributed by atoms with Gasteiger partial charge in [-0.05, 0) is 12.8 Å². The average Bonchev–Trinajstić information content (AvgIpc) is 2.89. The summed E-state index contributed by atoms with van der Waals surface area (Å²) in [6.45, 7) is 0. The molecule has 1 fully saturated rings. The average molecular weight is 255 g/mol. The predicted molar refractivity (Wildman–Crippen MR) is 59.4 cm³/mol. The second-order valence-corrected chi connectivity index (χ2v) is 4.96. The lowest BCUT2D eigenvalue weighted by Gasteiger charge is -1.90. The standard InChI is InChI=1S/C9H7ClN4OS/c10-7-6(3-15)16-9(12-7)14-4-11-8(13-14)5-1-2-5/h3-5H,1-2H2. The van der Waals surface area contributed by atoms with Crippen LogP contribution in [0.4, 0.5) is 0 Å². The van der Waals surface area contributed by atoms with Crippen LogP contribution in [0.25, 0.3) is 5.13 Å². The first kappa shape index (κ1) is 9.92. The van der Waals surface area contributed by atoms with E-state index in [4.69, 9.17) is 11.6 Å². The quantitative estimate of drug-likeness (QED) is 0.787. The minimum Gasteiger partial charge on any atom is -0.297 e. The van der Waals surface area contributed by atoms with E-state index in [9.17, 15) is 4.79 Å². The zero-order valence-corrected chi connectivity index (χ0v) is 9.70. The van der Waals surface area contributed by atoms with Gasteiger partial charge in [0.2, 0.25) is 5.13 Å². The van der Waals surface area contributed by atoms with Crippen LogP contribution >= 0.6 is 22.9 Å². The number of rotatable bonds is 3. The summed E-state index contributed by atoms with van der Waals surface area (Å²) in [5.74, 6) is 1.35. The van der Waals surface area contributed by atoms with Gasteiger partial charge >= 0.3 is 0 Å². The van der Waals surface area contributed by atoms with E-state index in [1.165, 1.54) is 11.3 Å². The second-order valence-electron chi connectivity index (χ2n) is 3.59.